The lowest BCUT2D eigenvalue weighted by Gasteiger charge is -2.31. The van der Waals surface area contributed by atoms with Crippen LogP contribution < -0.4 is 0 Å². The first-order valence-electron chi connectivity index (χ1n) is 10.9. The van der Waals surface area contributed by atoms with Gasteiger partial charge in [0.15, 0.2) is 0 Å². The lowest BCUT2D eigenvalue weighted by atomic mass is 9.81. The monoisotopic (exact) mass is 464 g/mol. The van der Waals surface area contributed by atoms with Crippen LogP contribution in [-0.4, -0.2) is 37.6 Å². The molecule has 5 rings (SSSR count). The topological polar surface area (TPSA) is 144 Å². The Labute approximate surface area is 193 Å². The Morgan fingerprint density at radius 3 is 1.79 bits per heavy atom. The van der Waals surface area contributed by atoms with Crippen LogP contribution in [0.1, 0.15) is 35.2 Å². The molecule has 0 spiro atoms. The van der Waals surface area contributed by atoms with E-state index in [1.54, 1.807) is 0 Å². The number of fused-ring (bicyclic) bond motifs is 5. The average molecular weight is 464 g/mol. The van der Waals surface area contributed by atoms with Gasteiger partial charge in [-0.25, -0.2) is 5.01 Å². The van der Waals surface area contributed by atoms with E-state index in [2.05, 4.69) is 0 Å². The van der Waals surface area contributed by atoms with Crippen molar-refractivity contribution in [1.29, 1.82) is 0 Å². The smallest absolute Gasteiger partial charge is 0.272 e. The molecule has 4 atom stereocenters. The van der Waals surface area contributed by atoms with Gasteiger partial charge in [-0.05, 0) is 48.8 Å². The number of non-ortho nitro benzene ring substituents is 2. The predicted octanol–water partition coefficient (Wildman–Crippen LogP) is 3.09. The molecule has 11 nitrogen and oxygen atoms in total. The molecule has 1 saturated heterocycles. The quantitative estimate of drug-likeness (QED) is 0.363. The molecule has 0 radical (unpaired) electrons. The number of nitrogens with zero attached hydrogens (tertiary/aromatic N) is 4. The molecule has 174 valence electrons. The summed E-state index contributed by atoms with van der Waals surface area (Å²) in [4.78, 5) is 61.0. The summed E-state index contributed by atoms with van der Waals surface area (Å²) in [6.45, 7) is -0.167. The Morgan fingerprint density at radius 1 is 0.853 bits per heavy atom. The van der Waals surface area contributed by atoms with E-state index < -0.39 is 39.4 Å². The van der Waals surface area contributed by atoms with E-state index in [-0.39, 0.29) is 35.3 Å². The van der Waals surface area contributed by atoms with Crippen molar-refractivity contribution in [2.45, 2.75) is 25.8 Å². The minimum atomic E-state index is -0.665. The molecule has 2 aromatic rings. The lowest BCUT2D eigenvalue weighted by Crippen LogP contribution is -2.50. The third-order valence-electron chi connectivity index (χ3n) is 7.18. The Balaban J connectivity index is 1.49. The predicted molar refractivity (Wildman–Crippen MR) is 116 cm³/mol. The van der Waals surface area contributed by atoms with Crippen molar-refractivity contribution < 1.29 is 24.2 Å². The Kier molecular flexibility index (Phi) is 5.11. The van der Waals surface area contributed by atoms with Crippen LogP contribution >= 0.6 is 0 Å². The Bertz CT molecular complexity index is 1180. The van der Waals surface area contributed by atoms with Crippen LogP contribution in [0, 0.1) is 43.9 Å². The second-order valence-corrected chi connectivity index (χ2v) is 8.96. The van der Waals surface area contributed by atoms with Crippen LogP contribution in [0.5, 0.6) is 0 Å². The van der Waals surface area contributed by atoms with Crippen LogP contribution in [0.25, 0.3) is 0 Å². The van der Waals surface area contributed by atoms with Crippen molar-refractivity contribution in [3.05, 3.63) is 79.9 Å². The molecule has 3 fully saturated rings. The second-order valence-electron chi connectivity index (χ2n) is 8.96. The van der Waals surface area contributed by atoms with E-state index in [1.165, 1.54) is 48.5 Å². The van der Waals surface area contributed by atoms with Gasteiger partial charge in [-0.1, -0.05) is 12.1 Å². The van der Waals surface area contributed by atoms with Gasteiger partial charge < -0.3 is 0 Å². The van der Waals surface area contributed by atoms with Crippen LogP contribution in [-0.2, 0) is 16.1 Å². The van der Waals surface area contributed by atoms with E-state index in [1.807, 2.05) is 0 Å². The summed E-state index contributed by atoms with van der Waals surface area (Å²) in [5, 5.41) is 23.9. The van der Waals surface area contributed by atoms with Crippen molar-refractivity contribution in [3.63, 3.8) is 0 Å². The maximum Gasteiger partial charge on any atom is 0.273 e. The van der Waals surface area contributed by atoms with Gasteiger partial charge in [-0.2, -0.15) is 5.01 Å². The standard InChI is InChI=1S/C23H20N4O7/c28-21(14-5-9-18(10-6-14)27(33)34)24(12-13-1-7-17(8-2-13)26(31)32)25-22(29)19-15-3-4-16(11-15)20(19)23(25)30/h1-2,5-10,15-16,19-20H,3-4,11-12H2/t15-,16-,19+,20+/m0/s1. The second kappa shape index (κ2) is 8.01. The number of amides is 3. The number of nitro benzene ring substituents is 2. The van der Waals surface area contributed by atoms with Crippen molar-refractivity contribution in [1.82, 2.24) is 10.0 Å². The van der Waals surface area contributed by atoms with Crippen LogP contribution in [0.3, 0.4) is 0 Å². The largest absolute Gasteiger partial charge is 0.273 e. The zero-order valence-corrected chi connectivity index (χ0v) is 17.9. The molecule has 1 aliphatic heterocycles. The lowest BCUT2D eigenvalue weighted by molar-refractivity contribution is -0.385. The molecule has 3 aliphatic rings. The molecular weight excluding hydrogens is 444 g/mol. The van der Waals surface area contributed by atoms with Gasteiger partial charge in [-0.15, -0.1) is 0 Å². The summed E-state index contributed by atoms with van der Waals surface area (Å²) in [5.74, 6) is -2.08. The normalized spacial score (nSPS) is 24.9. The number of carbonyl (C=O) groups excluding carboxylic acids is 3. The summed E-state index contributed by atoms with van der Waals surface area (Å²) in [7, 11) is 0. The molecule has 0 unspecified atom stereocenters. The SMILES string of the molecule is O=C(c1ccc([N+](=O)[O-])cc1)N(Cc1ccc([N+](=O)[O-])cc1)N1C(=O)[C@@H]2[C@H]3CC[C@@H](C3)[C@H]2C1=O. The molecule has 2 aromatic carbocycles. The number of hydrogen-bond acceptors (Lipinski definition) is 7. The minimum absolute atomic E-state index is 0.0770. The summed E-state index contributed by atoms with van der Waals surface area (Å²) < 4.78 is 0. The van der Waals surface area contributed by atoms with Crippen LogP contribution in [0.15, 0.2) is 48.5 Å². The molecule has 3 amide bonds. The molecule has 34 heavy (non-hydrogen) atoms. The van der Waals surface area contributed by atoms with Crippen LogP contribution in [0.2, 0.25) is 0 Å². The average Bonchev–Trinajstić information content (AvgIpc) is 3.51. The highest BCUT2D eigenvalue weighted by atomic mass is 16.6. The third-order valence-corrected chi connectivity index (χ3v) is 7.18. The van der Waals surface area contributed by atoms with E-state index in [0.29, 0.717) is 5.56 Å². The Hall–Kier alpha value is -4.15. The number of hydrazine groups is 1. The van der Waals surface area contributed by atoms with Gasteiger partial charge in [0.1, 0.15) is 0 Å². The van der Waals surface area contributed by atoms with Crippen molar-refractivity contribution >= 4 is 29.1 Å². The maximum absolute atomic E-state index is 13.5. The number of nitro groups is 2. The number of imide groups is 1. The summed E-state index contributed by atoms with van der Waals surface area (Å²) in [5.41, 5.74) is 0.240. The number of carbonyl (C=O) groups is 3. The molecule has 0 N–H and O–H groups in total. The Morgan fingerprint density at radius 2 is 1.32 bits per heavy atom. The molecule has 0 aromatic heterocycles. The molecule has 11 heteroatoms. The fourth-order valence-corrected chi connectivity index (χ4v) is 5.64. The number of rotatable bonds is 6. The zero-order chi connectivity index (χ0) is 24.1. The summed E-state index contributed by atoms with van der Waals surface area (Å²) in [6.07, 6.45) is 2.62. The third kappa shape index (κ3) is 3.40. The molecule has 2 saturated carbocycles. The highest BCUT2D eigenvalue weighted by Crippen LogP contribution is 2.56. The van der Waals surface area contributed by atoms with Gasteiger partial charge in [-0.3, -0.25) is 34.6 Å². The van der Waals surface area contributed by atoms with E-state index in [9.17, 15) is 34.6 Å². The fourth-order valence-electron chi connectivity index (χ4n) is 5.64. The molecule has 1 heterocycles. The highest BCUT2D eigenvalue weighted by molar-refractivity contribution is 6.08. The van der Waals surface area contributed by atoms with Crippen LogP contribution in [0.4, 0.5) is 11.4 Å². The molecular formula is C23H20N4O7. The van der Waals surface area contributed by atoms with Gasteiger partial charge in [0.05, 0.1) is 28.2 Å². The van der Waals surface area contributed by atoms with Gasteiger partial charge >= 0.3 is 0 Å². The highest BCUT2D eigenvalue weighted by Gasteiger charge is 2.62. The maximum atomic E-state index is 13.5. The van der Waals surface area contributed by atoms with E-state index in [0.717, 1.165) is 29.3 Å². The first-order valence-corrected chi connectivity index (χ1v) is 10.9. The minimum Gasteiger partial charge on any atom is -0.272 e. The van der Waals surface area contributed by atoms with Crippen molar-refractivity contribution in [2.75, 3.05) is 0 Å². The number of benzene rings is 2. The fraction of sp³-hybridized carbons (Fsp3) is 0.348. The molecule has 2 aliphatic carbocycles. The summed E-state index contributed by atoms with van der Waals surface area (Å²) >= 11 is 0. The van der Waals surface area contributed by atoms with E-state index >= 15 is 0 Å². The first-order chi connectivity index (χ1) is 16.3. The number of hydrogen-bond donors (Lipinski definition) is 0. The van der Waals surface area contributed by atoms with Gasteiger partial charge in [0.25, 0.3) is 29.1 Å². The first kappa shape index (κ1) is 21.7. The van der Waals surface area contributed by atoms with Gasteiger partial charge in [0.2, 0.25) is 0 Å². The van der Waals surface area contributed by atoms with Crippen molar-refractivity contribution in [2.24, 2.45) is 23.7 Å². The summed E-state index contributed by atoms with van der Waals surface area (Å²) in [6, 6.07) is 10.4. The molecule has 2 bridgehead atoms. The van der Waals surface area contributed by atoms with Crippen molar-refractivity contribution in [3.8, 4) is 0 Å². The van der Waals surface area contributed by atoms with Gasteiger partial charge in [0, 0.05) is 29.8 Å². The zero-order valence-electron chi connectivity index (χ0n) is 17.9. The van der Waals surface area contributed by atoms with E-state index in [4.69, 9.17) is 0 Å².